The summed E-state index contributed by atoms with van der Waals surface area (Å²) in [6.07, 6.45) is 3.46. The van der Waals surface area contributed by atoms with Crippen LogP contribution in [0.3, 0.4) is 0 Å². The van der Waals surface area contributed by atoms with Gasteiger partial charge in [-0.25, -0.2) is 4.98 Å². The maximum Gasteiger partial charge on any atom is 0.317 e. The molecule has 3 rings (SSSR count). The van der Waals surface area contributed by atoms with Gasteiger partial charge in [0.15, 0.2) is 5.13 Å². The number of carboxylic acid groups (broad SMARTS) is 1. The number of hydrazone groups is 1. The molecule has 1 aromatic carbocycles. The lowest BCUT2D eigenvalue weighted by molar-refractivity contribution is -0.138. The highest BCUT2D eigenvalue weighted by molar-refractivity contribution is 7.14. The van der Waals surface area contributed by atoms with Crippen molar-refractivity contribution in [1.29, 1.82) is 0 Å². The fraction of sp³-hybridized carbons (Fsp3) is 0.353. The first-order valence-electron chi connectivity index (χ1n) is 8.14. The van der Waals surface area contributed by atoms with Crippen LogP contribution in [0.2, 0.25) is 0 Å². The minimum atomic E-state index is -0.764. The Balaban J connectivity index is 1.56. The summed E-state index contributed by atoms with van der Waals surface area (Å²) >= 11 is 1.59. The van der Waals surface area contributed by atoms with Gasteiger partial charge in [-0.3, -0.25) is 9.69 Å². The van der Waals surface area contributed by atoms with Crippen molar-refractivity contribution in [3.05, 3.63) is 35.2 Å². The number of aliphatic carboxylic acids is 1. The van der Waals surface area contributed by atoms with Gasteiger partial charge in [-0.2, -0.15) is 5.10 Å². The molecule has 1 aliphatic rings. The van der Waals surface area contributed by atoms with Gasteiger partial charge in [0.2, 0.25) is 0 Å². The molecule has 0 amide bonds. The molecule has 0 radical (unpaired) electrons. The van der Waals surface area contributed by atoms with Crippen LogP contribution in [0.5, 0.6) is 0 Å². The molecule has 0 aliphatic carbocycles. The predicted octanol–water partition coefficient (Wildman–Crippen LogP) is 2.06. The van der Waals surface area contributed by atoms with E-state index in [2.05, 4.69) is 15.4 Å². The van der Waals surface area contributed by atoms with E-state index >= 15 is 0 Å². The zero-order valence-corrected chi connectivity index (χ0v) is 14.6. The van der Waals surface area contributed by atoms with Crippen molar-refractivity contribution in [3.63, 3.8) is 0 Å². The number of benzene rings is 1. The molecule has 1 saturated heterocycles. The lowest BCUT2D eigenvalue weighted by atomic mass is 10.1. The number of nitrogens with zero attached hydrogens (tertiary/aromatic N) is 3. The van der Waals surface area contributed by atoms with Gasteiger partial charge in [-0.1, -0.05) is 24.3 Å². The highest BCUT2D eigenvalue weighted by atomic mass is 32.1. The van der Waals surface area contributed by atoms with Gasteiger partial charge in [0.1, 0.15) is 0 Å². The summed E-state index contributed by atoms with van der Waals surface area (Å²) in [5.74, 6) is 4.39. The Morgan fingerprint density at radius 3 is 2.76 bits per heavy atom. The Morgan fingerprint density at radius 1 is 1.40 bits per heavy atom. The van der Waals surface area contributed by atoms with E-state index in [0.29, 0.717) is 6.04 Å². The average Bonchev–Trinajstić information content (AvgIpc) is 3.06. The summed E-state index contributed by atoms with van der Waals surface area (Å²) < 4.78 is 0. The number of carbonyl (C=O) groups is 1. The van der Waals surface area contributed by atoms with Crippen LogP contribution in [0, 0.1) is 0 Å². The zero-order chi connectivity index (χ0) is 17.6. The molecular formula is C17H21N5O2S. The van der Waals surface area contributed by atoms with Crippen LogP contribution in [-0.4, -0.2) is 52.9 Å². The first kappa shape index (κ1) is 17.4. The quantitative estimate of drug-likeness (QED) is 0.414. The third kappa shape index (κ3) is 4.77. The van der Waals surface area contributed by atoms with Crippen LogP contribution in [-0.2, 0) is 4.79 Å². The van der Waals surface area contributed by atoms with Crippen molar-refractivity contribution < 1.29 is 9.90 Å². The van der Waals surface area contributed by atoms with Gasteiger partial charge >= 0.3 is 5.97 Å². The number of likely N-dealkylation sites (tertiary alicyclic amines) is 1. The van der Waals surface area contributed by atoms with Crippen molar-refractivity contribution >= 4 is 28.7 Å². The summed E-state index contributed by atoms with van der Waals surface area (Å²) in [5, 5.41) is 18.8. The zero-order valence-electron chi connectivity index (χ0n) is 13.8. The van der Waals surface area contributed by atoms with E-state index in [1.54, 1.807) is 17.6 Å². The molecule has 4 N–H and O–H groups in total. The minimum Gasteiger partial charge on any atom is -0.480 e. The van der Waals surface area contributed by atoms with Crippen LogP contribution in [0.4, 0.5) is 5.13 Å². The lowest BCUT2D eigenvalue weighted by Crippen LogP contribution is -2.41. The highest BCUT2D eigenvalue weighted by Gasteiger charge is 2.21. The fourth-order valence-corrected chi connectivity index (χ4v) is 3.70. The van der Waals surface area contributed by atoms with Crippen molar-refractivity contribution in [2.45, 2.75) is 18.9 Å². The first-order valence-corrected chi connectivity index (χ1v) is 9.02. The molecule has 8 heteroatoms. The molecule has 25 heavy (non-hydrogen) atoms. The molecule has 2 aromatic rings. The molecule has 7 nitrogen and oxygen atoms in total. The summed E-state index contributed by atoms with van der Waals surface area (Å²) in [4.78, 5) is 17.4. The monoisotopic (exact) mass is 359 g/mol. The molecule has 132 valence electrons. The van der Waals surface area contributed by atoms with Gasteiger partial charge in [-0.05, 0) is 18.4 Å². The van der Waals surface area contributed by atoms with Crippen LogP contribution in [0.25, 0.3) is 11.3 Å². The number of hydrogen-bond acceptors (Lipinski definition) is 7. The molecule has 1 aliphatic heterocycles. The first-order chi connectivity index (χ1) is 12.1. The Kier molecular flexibility index (Phi) is 5.62. The summed E-state index contributed by atoms with van der Waals surface area (Å²) in [7, 11) is 0. The number of thiazole rings is 1. The van der Waals surface area contributed by atoms with Crippen molar-refractivity contribution in [2.75, 3.05) is 25.0 Å². The Labute approximate surface area is 150 Å². The Hall–Kier alpha value is -2.45. The lowest BCUT2D eigenvalue weighted by Gasteiger charge is -2.31. The predicted molar refractivity (Wildman–Crippen MR) is 100 cm³/mol. The van der Waals surface area contributed by atoms with Crippen molar-refractivity contribution in [3.8, 4) is 11.3 Å². The number of nitrogens with one attached hydrogen (secondary N) is 1. The molecule has 0 bridgehead atoms. The second kappa shape index (κ2) is 8.09. The number of aromatic nitrogens is 1. The summed E-state index contributed by atoms with van der Waals surface area (Å²) in [6, 6.07) is 8.25. The van der Waals surface area contributed by atoms with E-state index in [0.717, 1.165) is 47.9 Å². The van der Waals surface area contributed by atoms with Crippen LogP contribution >= 0.6 is 11.3 Å². The normalized spacial score (nSPS) is 16.3. The number of nitrogens with two attached hydrogens (primary N) is 1. The van der Waals surface area contributed by atoms with Gasteiger partial charge in [0.25, 0.3) is 0 Å². The van der Waals surface area contributed by atoms with E-state index in [4.69, 9.17) is 10.9 Å². The SMILES string of the molecule is N/N=C/c1ccc(-c2csc(NC3CCN(CC(=O)O)CC3)n2)cc1. The van der Waals surface area contributed by atoms with Gasteiger partial charge in [0.05, 0.1) is 18.5 Å². The van der Waals surface area contributed by atoms with Crippen molar-refractivity contribution in [1.82, 2.24) is 9.88 Å². The smallest absolute Gasteiger partial charge is 0.317 e. The molecule has 1 aromatic heterocycles. The second-order valence-electron chi connectivity index (χ2n) is 6.03. The molecule has 0 unspecified atom stereocenters. The third-order valence-electron chi connectivity index (χ3n) is 4.21. The maximum atomic E-state index is 10.8. The molecule has 2 heterocycles. The molecule has 1 fully saturated rings. The summed E-state index contributed by atoms with van der Waals surface area (Å²) in [5.41, 5.74) is 2.94. The number of rotatable bonds is 6. The minimum absolute atomic E-state index is 0.124. The number of hydrogen-bond donors (Lipinski definition) is 3. The Bertz CT molecular complexity index is 736. The molecule has 0 atom stereocenters. The number of carboxylic acids is 1. The van der Waals surface area contributed by atoms with Crippen LogP contribution in [0.15, 0.2) is 34.7 Å². The molecule has 0 saturated carbocycles. The second-order valence-corrected chi connectivity index (χ2v) is 6.88. The summed E-state index contributed by atoms with van der Waals surface area (Å²) in [6.45, 7) is 1.72. The van der Waals surface area contributed by atoms with E-state index in [-0.39, 0.29) is 6.54 Å². The standard InChI is InChI=1S/C17H21N5O2S/c18-19-9-12-1-3-13(4-2-12)15-11-25-17(21-15)20-14-5-7-22(8-6-14)10-16(23)24/h1-4,9,11,14H,5-8,10,18H2,(H,20,21)(H,23,24)/b19-9+. The largest absolute Gasteiger partial charge is 0.480 e. The van der Waals surface area contributed by atoms with Crippen LogP contribution in [0.1, 0.15) is 18.4 Å². The van der Waals surface area contributed by atoms with Gasteiger partial charge in [-0.15, -0.1) is 11.3 Å². The van der Waals surface area contributed by atoms with Crippen molar-refractivity contribution in [2.24, 2.45) is 10.9 Å². The molecule has 0 spiro atoms. The highest BCUT2D eigenvalue weighted by Crippen LogP contribution is 2.26. The van der Waals surface area contributed by atoms with E-state index in [1.807, 2.05) is 34.5 Å². The average molecular weight is 359 g/mol. The van der Waals surface area contributed by atoms with Gasteiger partial charge in [0, 0.05) is 30.1 Å². The third-order valence-corrected chi connectivity index (χ3v) is 4.98. The van der Waals surface area contributed by atoms with Crippen LogP contribution < -0.4 is 11.2 Å². The van der Waals surface area contributed by atoms with E-state index in [1.165, 1.54) is 0 Å². The topological polar surface area (TPSA) is 104 Å². The number of anilines is 1. The van der Waals surface area contributed by atoms with Gasteiger partial charge < -0.3 is 16.3 Å². The number of piperidine rings is 1. The fourth-order valence-electron chi connectivity index (χ4n) is 2.90. The molecular weight excluding hydrogens is 338 g/mol. The van der Waals surface area contributed by atoms with E-state index < -0.39 is 5.97 Å². The Morgan fingerprint density at radius 2 is 2.12 bits per heavy atom. The van der Waals surface area contributed by atoms with E-state index in [9.17, 15) is 4.79 Å². The maximum absolute atomic E-state index is 10.8.